The number of hydrogen-bond acceptors (Lipinski definition) is 3. The Kier molecular flexibility index (Phi) is 4.13. The van der Waals surface area contributed by atoms with E-state index in [4.69, 9.17) is 11.5 Å². The molecule has 1 aromatic heterocycles. The fourth-order valence-electron chi connectivity index (χ4n) is 0.996. The number of carboxylic acid groups (broad SMARTS) is 1. The fourth-order valence-corrected chi connectivity index (χ4v) is 1.33. The van der Waals surface area contributed by atoms with Crippen LogP contribution in [0.3, 0.4) is 0 Å². The van der Waals surface area contributed by atoms with Gasteiger partial charge in [-0.2, -0.15) is 0 Å². The van der Waals surface area contributed by atoms with Crippen molar-refractivity contribution in [3.63, 3.8) is 0 Å². The normalized spacial score (nSPS) is 9.33. The Hall–Kier alpha value is -1.54. The first-order valence-electron chi connectivity index (χ1n) is 4.21. The molecule has 0 spiro atoms. The Morgan fingerprint density at radius 1 is 1.73 bits per heavy atom. The highest BCUT2D eigenvalue weighted by atomic mass is 79.9. The summed E-state index contributed by atoms with van der Waals surface area (Å²) in [5.74, 6) is 1.76. The number of rotatable bonds is 4. The number of terminal acetylenes is 1. The van der Waals surface area contributed by atoms with Crippen molar-refractivity contribution in [1.29, 1.82) is 0 Å². The molecule has 0 aromatic carbocycles. The maximum Gasteiger partial charge on any atom is 0.339 e. The molecule has 0 radical (unpaired) electrons. The molecule has 78 valence electrons. The topological polar surface area (TPSA) is 62.2 Å². The van der Waals surface area contributed by atoms with Gasteiger partial charge in [-0.3, -0.25) is 0 Å². The van der Waals surface area contributed by atoms with Gasteiger partial charge in [0.05, 0.1) is 0 Å². The zero-order valence-corrected chi connectivity index (χ0v) is 9.41. The van der Waals surface area contributed by atoms with Crippen molar-refractivity contribution >= 4 is 27.7 Å². The van der Waals surface area contributed by atoms with E-state index in [-0.39, 0.29) is 5.56 Å². The molecular formula is C10H9BrN2O2. The molecule has 0 aliphatic carbocycles. The number of aromatic nitrogens is 1. The van der Waals surface area contributed by atoms with Gasteiger partial charge >= 0.3 is 5.97 Å². The highest BCUT2D eigenvalue weighted by Gasteiger charge is 2.11. The number of nitrogens with zero attached hydrogens (tertiary/aromatic N) is 1. The van der Waals surface area contributed by atoms with Gasteiger partial charge < -0.3 is 10.4 Å². The number of aromatic carboxylic acids is 1. The molecule has 0 aliphatic rings. The molecule has 0 saturated heterocycles. The van der Waals surface area contributed by atoms with Gasteiger partial charge in [0.15, 0.2) is 0 Å². The minimum atomic E-state index is -1.02. The van der Waals surface area contributed by atoms with Gasteiger partial charge in [-0.25, -0.2) is 9.78 Å². The lowest BCUT2D eigenvalue weighted by Gasteiger charge is -2.06. The maximum absolute atomic E-state index is 10.9. The van der Waals surface area contributed by atoms with Crippen LogP contribution in [0.25, 0.3) is 0 Å². The van der Waals surface area contributed by atoms with Gasteiger partial charge in [-0.05, 0) is 22.0 Å². The first-order chi connectivity index (χ1) is 7.15. The van der Waals surface area contributed by atoms with Crippen molar-refractivity contribution < 1.29 is 9.90 Å². The van der Waals surface area contributed by atoms with Gasteiger partial charge in [0.2, 0.25) is 0 Å². The van der Waals surface area contributed by atoms with Crippen LogP contribution >= 0.6 is 15.9 Å². The van der Waals surface area contributed by atoms with Crippen molar-refractivity contribution in [3.8, 4) is 12.3 Å². The number of anilines is 1. The Morgan fingerprint density at radius 3 is 3.07 bits per heavy atom. The van der Waals surface area contributed by atoms with Crippen LogP contribution in [0, 0.1) is 12.3 Å². The maximum atomic E-state index is 10.9. The molecule has 15 heavy (non-hydrogen) atoms. The smallest absolute Gasteiger partial charge is 0.339 e. The zero-order valence-electron chi connectivity index (χ0n) is 7.83. The van der Waals surface area contributed by atoms with E-state index in [1.54, 1.807) is 0 Å². The predicted molar refractivity (Wildman–Crippen MR) is 60.8 cm³/mol. The van der Waals surface area contributed by atoms with E-state index in [0.717, 1.165) is 0 Å². The summed E-state index contributed by atoms with van der Waals surface area (Å²) in [4.78, 5) is 14.8. The van der Waals surface area contributed by atoms with E-state index in [1.807, 2.05) is 0 Å². The second-order valence-corrected chi connectivity index (χ2v) is 3.65. The minimum Gasteiger partial charge on any atom is -0.478 e. The molecule has 0 saturated carbocycles. The number of hydrogen-bond donors (Lipinski definition) is 2. The van der Waals surface area contributed by atoms with Crippen molar-refractivity contribution in [3.05, 3.63) is 22.3 Å². The first kappa shape index (κ1) is 11.5. The summed E-state index contributed by atoms with van der Waals surface area (Å²) in [6, 6.07) is 1.49. The Bertz CT molecular complexity index is 412. The van der Waals surface area contributed by atoms with E-state index in [2.05, 4.69) is 32.2 Å². The molecule has 0 bridgehead atoms. The van der Waals surface area contributed by atoms with E-state index in [9.17, 15) is 4.79 Å². The molecule has 0 amide bonds. The van der Waals surface area contributed by atoms with Gasteiger partial charge in [0.25, 0.3) is 0 Å². The summed E-state index contributed by atoms with van der Waals surface area (Å²) < 4.78 is 0.627. The second kappa shape index (κ2) is 5.37. The largest absolute Gasteiger partial charge is 0.478 e. The van der Waals surface area contributed by atoms with Gasteiger partial charge in [-0.1, -0.05) is 0 Å². The lowest BCUT2D eigenvalue weighted by Crippen LogP contribution is -2.09. The van der Waals surface area contributed by atoms with Crippen LogP contribution in [0.1, 0.15) is 16.8 Å². The second-order valence-electron chi connectivity index (χ2n) is 2.74. The van der Waals surface area contributed by atoms with Gasteiger partial charge in [-0.15, -0.1) is 12.3 Å². The number of carboxylic acids is 1. The Labute approximate surface area is 95.8 Å². The summed E-state index contributed by atoms with van der Waals surface area (Å²) in [6.45, 7) is 0.505. The minimum absolute atomic E-state index is 0.126. The average Bonchev–Trinajstić information content (AvgIpc) is 2.20. The molecule has 0 aliphatic heterocycles. The number of halogens is 1. The third-order valence-corrected chi connectivity index (χ3v) is 2.08. The quantitative estimate of drug-likeness (QED) is 0.648. The molecule has 2 N–H and O–H groups in total. The van der Waals surface area contributed by atoms with Crippen LogP contribution in [-0.2, 0) is 0 Å². The first-order valence-corrected chi connectivity index (χ1v) is 5.00. The Balaban J connectivity index is 2.87. The molecular weight excluding hydrogens is 260 g/mol. The van der Waals surface area contributed by atoms with Gasteiger partial charge in [0, 0.05) is 23.6 Å². The van der Waals surface area contributed by atoms with Crippen molar-refractivity contribution in [2.45, 2.75) is 6.42 Å². The monoisotopic (exact) mass is 268 g/mol. The molecule has 1 heterocycles. The molecule has 1 rings (SSSR count). The molecule has 0 atom stereocenters. The summed E-state index contributed by atoms with van der Waals surface area (Å²) in [6.07, 6.45) is 7.14. The Morgan fingerprint density at radius 2 is 2.47 bits per heavy atom. The summed E-state index contributed by atoms with van der Waals surface area (Å²) in [7, 11) is 0. The third kappa shape index (κ3) is 3.26. The van der Waals surface area contributed by atoms with E-state index >= 15 is 0 Å². The zero-order chi connectivity index (χ0) is 11.3. The summed E-state index contributed by atoms with van der Waals surface area (Å²) in [5.41, 5.74) is 0.126. The van der Waals surface area contributed by atoms with E-state index in [1.165, 1.54) is 12.3 Å². The van der Waals surface area contributed by atoms with Crippen LogP contribution in [-0.4, -0.2) is 22.6 Å². The van der Waals surface area contributed by atoms with Crippen molar-refractivity contribution in [2.24, 2.45) is 0 Å². The molecule has 5 heteroatoms. The number of carbonyl (C=O) groups is 1. The molecule has 4 nitrogen and oxygen atoms in total. The molecule has 0 unspecified atom stereocenters. The third-order valence-electron chi connectivity index (χ3n) is 1.65. The number of nitrogens with one attached hydrogen (secondary N) is 1. The molecule has 1 aromatic rings. The van der Waals surface area contributed by atoms with Crippen LogP contribution in [0.2, 0.25) is 0 Å². The predicted octanol–water partition coefficient (Wildman–Crippen LogP) is 1.98. The van der Waals surface area contributed by atoms with Crippen LogP contribution in [0.4, 0.5) is 5.82 Å². The van der Waals surface area contributed by atoms with Crippen molar-refractivity contribution in [2.75, 3.05) is 11.9 Å². The van der Waals surface area contributed by atoms with Crippen molar-refractivity contribution in [1.82, 2.24) is 4.98 Å². The summed E-state index contributed by atoms with van der Waals surface area (Å²) in [5, 5.41) is 11.8. The molecule has 0 fully saturated rings. The lowest BCUT2D eigenvalue weighted by molar-refractivity contribution is 0.0697. The highest BCUT2D eigenvalue weighted by molar-refractivity contribution is 9.10. The highest BCUT2D eigenvalue weighted by Crippen LogP contribution is 2.17. The van der Waals surface area contributed by atoms with Crippen LogP contribution in [0.5, 0.6) is 0 Å². The SMILES string of the molecule is C#CCCNc1ncc(Br)cc1C(=O)O. The van der Waals surface area contributed by atoms with Crippen LogP contribution < -0.4 is 5.32 Å². The summed E-state index contributed by atoms with van der Waals surface area (Å²) >= 11 is 3.16. The van der Waals surface area contributed by atoms with Crippen LogP contribution in [0.15, 0.2) is 16.7 Å². The van der Waals surface area contributed by atoms with Gasteiger partial charge in [0.1, 0.15) is 11.4 Å². The lowest BCUT2D eigenvalue weighted by atomic mass is 10.2. The average molecular weight is 269 g/mol. The standard InChI is InChI=1S/C10H9BrN2O2/c1-2-3-4-12-9-8(10(14)15)5-7(11)6-13-9/h1,5-6H,3-4H2,(H,12,13)(H,14,15). The number of pyridine rings is 1. The fraction of sp³-hybridized carbons (Fsp3) is 0.200. The van der Waals surface area contributed by atoms with E-state index < -0.39 is 5.97 Å². The van der Waals surface area contributed by atoms with E-state index in [0.29, 0.717) is 23.3 Å².